The molecule has 82 valence electrons. The molecule has 2 N–H and O–H groups in total. The molecule has 0 radical (unpaired) electrons. The van der Waals surface area contributed by atoms with Gasteiger partial charge < -0.3 is 10.2 Å². The molecular formula is C11H12F2O2. The molecule has 0 aliphatic rings. The molecule has 1 aromatic carbocycles. The van der Waals surface area contributed by atoms with Crippen LogP contribution >= 0.6 is 0 Å². The molecule has 0 fully saturated rings. The van der Waals surface area contributed by atoms with Gasteiger partial charge in [-0.3, -0.25) is 0 Å². The average Bonchev–Trinajstić information content (AvgIpc) is 2.14. The van der Waals surface area contributed by atoms with Crippen LogP contribution in [0.2, 0.25) is 0 Å². The van der Waals surface area contributed by atoms with Crippen LogP contribution in [0.4, 0.5) is 8.78 Å². The molecule has 4 heteroatoms. The highest BCUT2D eigenvalue weighted by atomic mass is 19.1. The molecule has 0 amide bonds. The van der Waals surface area contributed by atoms with Crippen LogP contribution in [0.25, 0.3) is 5.57 Å². The molecule has 0 heterocycles. The van der Waals surface area contributed by atoms with E-state index in [1.54, 1.807) is 0 Å². The van der Waals surface area contributed by atoms with Crippen LogP contribution < -0.4 is 0 Å². The van der Waals surface area contributed by atoms with Crippen LogP contribution in [0.1, 0.15) is 18.4 Å². The summed E-state index contributed by atoms with van der Waals surface area (Å²) in [5.41, 5.74) is 0.623. The fourth-order valence-corrected chi connectivity index (χ4v) is 1.21. The quantitative estimate of drug-likeness (QED) is 0.753. The van der Waals surface area contributed by atoms with Crippen molar-refractivity contribution in [1.82, 2.24) is 0 Å². The van der Waals surface area contributed by atoms with E-state index in [0.717, 1.165) is 12.1 Å². The SMILES string of the molecule is C=C(CCC(O)O)c1ccc(F)cc1F. The van der Waals surface area contributed by atoms with Crippen molar-refractivity contribution >= 4 is 5.57 Å². The first-order chi connectivity index (χ1) is 7.00. The molecule has 0 saturated carbocycles. The van der Waals surface area contributed by atoms with Gasteiger partial charge in [-0.15, -0.1) is 0 Å². The number of aliphatic hydroxyl groups is 2. The number of hydrogen-bond donors (Lipinski definition) is 2. The maximum atomic E-state index is 13.2. The molecule has 2 nitrogen and oxygen atoms in total. The zero-order chi connectivity index (χ0) is 11.4. The Kier molecular flexibility index (Phi) is 3.94. The minimum Gasteiger partial charge on any atom is -0.368 e. The smallest absolute Gasteiger partial charge is 0.151 e. The summed E-state index contributed by atoms with van der Waals surface area (Å²) >= 11 is 0. The van der Waals surface area contributed by atoms with Crippen molar-refractivity contribution in [3.8, 4) is 0 Å². The molecule has 0 aliphatic carbocycles. The highest BCUT2D eigenvalue weighted by Crippen LogP contribution is 2.22. The van der Waals surface area contributed by atoms with Gasteiger partial charge in [0.2, 0.25) is 0 Å². The van der Waals surface area contributed by atoms with E-state index in [0.29, 0.717) is 5.57 Å². The van der Waals surface area contributed by atoms with Crippen LogP contribution in [-0.2, 0) is 0 Å². The first-order valence-electron chi connectivity index (χ1n) is 4.50. The largest absolute Gasteiger partial charge is 0.368 e. The Morgan fingerprint density at radius 1 is 1.33 bits per heavy atom. The molecule has 0 aromatic heterocycles. The van der Waals surface area contributed by atoms with E-state index in [1.807, 2.05) is 0 Å². The summed E-state index contributed by atoms with van der Waals surface area (Å²) in [6.45, 7) is 3.60. The third kappa shape index (κ3) is 3.42. The Morgan fingerprint density at radius 2 is 2.00 bits per heavy atom. The summed E-state index contributed by atoms with van der Waals surface area (Å²) in [7, 11) is 0. The molecular weight excluding hydrogens is 202 g/mol. The topological polar surface area (TPSA) is 40.5 Å². The Hall–Kier alpha value is -1.26. The molecule has 0 saturated heterocycles. The van der Waals surface area contributed by atoms with Crippen LogP contribution in [0, 0.1) is 11.6 Å². The average molecular weight is 214 g/mol. The van der Waals surface area contributed by atoms with Gasteiger partial charge in [-0.25, -0.2) is 8.78 Å². The minimum absolute atomic E-state index is 0.0790. The van der Waals surface area contributed by atoms with Crippen molar-refractivity contribution < 1.29 is 19.0 Å². The number of hydrogen-bond acceptors (Lipinski definition) is 2. The lowest BCUT2D eigenvalue weighted by molar-refractivity contribution is -0.0438. The van der Waals surface area contributed by atoms with E-state index in [4.69, 9.17) is 10.2 Å². The number of benzene rings is 1. The highest BCUT2D eigenvalue weighted by molar-refractivity contribution is 5.63. The lowest BCUT2D eigenvalue weighted by Gasteiger charge is -2.08. The lowest BCUT2D eigenvalue weighted by atomic mass is 10.0. The third-order valence-electron chi connectivity index (χ3n) is 2.02. The van der Waals surface area contributed by atoms with E-state index in [1.165, 1.54) is 6.07 Å². The number of allylic oxidation sites excluding steroid dienone is 1. The predicted octanol–water partition coefficient (Wildman–Crippen LogP) is 2.07. The van der Waals surface area contributed by atoms with E-state index in [-0.39, 0.29) is 18.4 Å². The Morgan fingerprint density at radius 3 is 2.53 bits per heavy atom. The summed E-state index contributed by atoms with van der Waals surface area (Å²) in [5.74, 6) is -1.33. The molecule has 15 heavy (non-hydrogen) atoms. The molecule has 0 spiro atoms. The summed E-state index contributed by atoms with van der Waals surface area (Å²) in [4.78, 5) is 0. The van der Waals surface area contributed by atoms with Crippen LogP contribution in [0.3, 0.4) is 0 Å². The molecule has 1 rings (SSSR count). The number of rotatable bonds is 4. The van der Waals surface area contributed by atoms with Crippen molar-refractivity contribution in [3.05, 3.63) is 42.0 Å². The van der Waals surface area contributed by atoms with E-state index in [9.17, 15) is 8.78 Å². The summed E-state index contributed by atoms with van der Waals surface area (Å²) in [6.07, 6.45) is -1.11. The van der Waals surface area contributed by atoms with E-state index < -0.39 is 17.9 Å². The monoisotopic (exact) mass is 214 g/mol. The van der Waals surface area contributed by atoms with Gasteiger partial charge >= 0.3 is 0 Å². The van der Waals surface area contributed by atoms with Crippen molar-refractivity contribution in [2.45, 2.75) is 19.1 Å². The van der Waals surface area contributed by atoms with Gasteiger partial charge in [0, 0.05) is 18.1 Å². The van der Waals surface area contributed by atoms with E-state index >= 15 is 0 Å². The molecule has 0 bridgehead atoms. The summed E-state index contributed by atoms with van der Waals surface area (Å²) in [5, 5.41) is 17.2. The minimum atomic E-state index is -1.44. The summed E-state index contributed by atoms with van der Waals surface area (Å²) in [6, 6.07) is 3.20. The van der Waals surface area contributed by atoms with Crippen LogP contribution in [0.5, 0.6) is 0 Å². The standard InChI is InChI=1S/C11H12F2O2/c1-7(2-5-11(14)15)9-4-3-8(12)6-10(9)13/h3-4,6,11,14-15H,1-2,5H2. The van der Waals surface area contributed by atoms with Crippen molar-refractivity contribution in [2.24, 2.45) is 0 Å². The maximum absolute atomic E-state index is 13.2. The maximum Gasteiger partial charge on any atom is 0.151 e. The van der Waals surface area contributed by atoms with Gasteiger partial charge in [-0.1, -0.05) is 6.58 Å². The predicted molar refractivity (Wildman–Crippen MR) is 52.9 cm³/mol. The fourth-order valence-electron chi connectivity index (χ4n) is 1.21. The lowest BCUT2D eigenvalue weighted by Crippen LogP contribution is -2.04. The van der Waals surface area contributed by atoms with Crippen molar-refractivity contribution in [3.63, 3.8) is 0 Å². The number of halogens is 2. The van der Waals surface area contributed by atoms with Gasteiger partial charge in [0.25, 0.3) is 0 Å². The first kappa shape index (κ1) is 11.8. The second-order valence-electron chi connectivity index (χ2n) is 3.25. The van der Waals surface area contributed by atoms with Gasteiger partial charge in [-0.2, -0.15) is 0 Å². The second-order valence-corrected chi connectivity index (χ2v) is 3.25. The molecule has 1 aromatic rings. The number of aliphatic hydroxyl groups excluding tert-OH is 1. The van der Waals surface area contributed by atoms with Gasteiger partial charge in [0.05, 0.1) is 0 Å². The highest BCUT2D eigenvalue weighted by Gasteiger charge is 2.08. The van der Waals surface area contributed by atoms with Crippen molar-refractivity contribution in [1.29, 1.82) is 0 Å². The molecule has 0 atom stereocenters. The zero-order valence-corrected chi connectivity index (χ0v) is 8.08. The second kappa shape index (κ2) is 5.00. The normalized spacial score (nSPS) is 10.7. The van der Waals surface area contributed by atoms with Crippen LogP contribution in [-0.4, -0.2) is 16.5 Å². The first-order valence-corrected chi connectivity index (χ1v) is 4.50. The molecule has 0 aliphatic heterocycles. The Bertz CT molecular complexity index is 362. The fraction of sp³-hybridized carbons (Fsp3) is 0.273. The molecule has 0 unspecified atom stereocenters. The van der Waals surface area contributed by atoms with Gasteiger partial charge in [0.1, 0.15) is 11.6 Å². The zero-order valence-electron chi connectivity index (χ0n) is 8.08. The summed E-state index contributed by atoms with van der Waals surface area (Å²) < 4.78 is 25.8. The Balaban J connectivity index is 2.74. The van der Waals surface area contributed by atoms with Crippen molar-refractivity contribution in [2.75, 3.05) is 0 Å². The van der Waals surface area contributed by atoms with Gasteiger partial charge in [-0.05, 0) is 24.1 Å². The van der Waals surface area contributed by atoms with Gasteiger partial charge in [0.15, 0.2) is 6.29 Å². The Labute approximate surface area is 86.5 Å². The third-order valence-corrected chi connectivity index (χ3v) is 2.02. The van der Waals surface area contributed by atoms with Crippen LogP contribution in [0.15, 0.2) is 24.8 Å². The van der Waals surface area contributed by atoms with E-state index in [2.05, 4.69) is 6.58 Å².